The van der Waals surface area contributed by atoms with Crippen molar-refractivity contribution >= 4 is 0 Å². The number of rotatable bonds is 68. The van der Waals surface area contributed by atoms with Crippen LogP contribution in [0.3, 0.4) is 0 Å². The van der Waals surface area contributed by atoms with Crippen molar-refractivity contribution in [2.24, 2.45) is 130 Å². The van der Waals surface area contributed by atoms with Crippen LogP contribution in [-0.2, 0) is 0 Å². The number of nitrogens with one attached hydrogen (secondary N) is 2. The van der Waals surface area contributed by atoms with Crippen molar-refractivity contribution in [3.8, 4) is 0 Å². The topological polar surface area (TPSA) is 273 Å². The Balaban J connectivity index is -0.000000174. The molecule has 14 unspecified atom stereocenters. The van der Waals surface area contributed by atoms with E-state index in [4.69, 9.17) is 20.4 Å². The number of hydrogen-bond donors (Lipinski definition) is 12. The molecule has 15 nitrogen and oxygen atoms in total. The molecule has 0 aliphatic heterocycles. The number of nitrogens with zero attached hydrogens (tertiary/aromatic N) is 3. The summed E-state index contributed by atoms with van der Waals surface area (Å²) in [4.78, 5) is 11.8. The summed E-state index contributed by atoms with van der Waals surface area (Å²) < 4.78 is 158. The van der Waals surface area contributed by atoms with Gasteiger partial charge in [-0.3, -0.25) is 9.49 Å². The van der Waals surface area contributed by atoms with Crippen molar-refractivity contribution in [3.05, 3.63) is 30.4 Å². The maximum atomic E-state index is 12.2. The Hall–Kier alpha value is -2.96. The van der Waals surface area contributed by atoms with Gasteiger partial charge < -0.3 is 56.0 Å². The summed E-state index contributed by atoms with van der Waals surface area (Å²) in [7, 11) is 0. The van der Waals surface area contributed by atoms with Crippen LogP contribution in [0.1, 0.15) is 503 Å². The Bertz CT molecular complexity index is 2640. The third kappa shape index (κ3) is 92.9. The third-order valence-electron chi connectivity index (χ3n) is 28.6. The monoisotopic (exact) mass is 2150 g/mol. The van der Waals surface area contributed by atoms with E-state index in [1.807, 2.05) is 123 Å². The van der Waals surface area contributed by atoms with Gasteiger partial charge in [0.05, 0.1) is 25.0 Å². The molecule has 0 fully saturated rings. The molecule has 0 saturated heterocycles. The lowest BCUT2D eigenvalue weighted by atomic mass is 9.85. The summed E-state index contributed by atoms with van der Waals surface area (Å²) in [5, 5.41) is 98.3. The minimum atomic E-state index is -4.48. The van der Waals surface area contributed by atoms with E-state index in [-0.39, 0.29) is 72.5 Å². The first-order chi connectivity index (χ1) is 68.9. The number of aliphatic hydroxyl groups excluding tert-OH is 10. The summed E-state index contributed by atoms with van der Waals surface area (Å²) in [5.74, 6) is 8.47. The molecule has 0 aromatic carbocycles. The first-order valence-electron chi connectivity index (χ1n) is 58.5. The van der Waals surface area contributed by atoms with Crippen molar-refractivity contribution in [2.75, 3.05) is 46.5 Å². The van der Waals surface area contributed by atoms with Crippen LogP contribution < -0.4 is 0 Å². The molecule has 0 amide bonds. The van der Waals surface area contributed by atoms with Gasteiger partial charge in [-0.15, -0.1) is 0 Å². The fraction of sp³-hybridized carbons (Fsp3) is 0.958. The number of alkyl halides is 13. The van der Waals surface area contributed by atoms with Crippen LogP contribution in [-0.4, -0.2) is 191 Å². The Morgan fingerprint density at radius 2 is 0.524 bits per heavy atom. The van der Waals surface area contributed by atoms with Gasteiger partial charge in [0.25, 0.3) is 19.3 Å². The molecule has 0 radical (unpaired) electrons. The van der Waals surface area contributed by atoms with Crippen molar-refractivity contribution < 1.29 is 108 Å². The highest BCUT2D eigenvalue weighted by Gasteiger charge is 2.44. The van der Waals surface area contributed by atoms with E-state index in [2.05, 4.69) is 143 Å². The van der Waals surface area contributed by atoms with Gasteiger partial charge in [0.15, 0.2) is 6.10 Å². The molecule has 0 aliphatic carbocycles. The van der Waals surface area contributed by atoms with Gasteiger partial charge in [-0.2, -0.15) is 18.3 Å². The van der Waals surface area contributed by atoms with Gasteiger partial charge in [0.1, 0.15) is 56.3 Å². The van der Waals surface area contributed by atoms with Gasteiger partial charge in [-0.25, -0.2) is 49.5 Å². The Morgan fingerprint density at radius 1 is 0.279 bits per heavy atom. The maximum Gasteiger partial charge on any atom is 0.414 e. The summed E-state index contributed by atoms with van der Waals surface area (Å²) in [6, 6.07) is 0. The van der Waals surface area contributed by atoms with E-state index in [0.29, 0.717) is 110 Å². The quantitative estimate of drug-likeness (QED) is 0.0217. The molecule has 0 saturated carbocycles. The van der Waals surface area contributed by atoms with E-state index in [0.717, 1.165) is 152 Å². The molecule has 2 aromatic heterocycles. The highest BCUT2D eigenvalue weighted by Crippen LogP contribution is 2.36. The van der Waals surface area contributed by atoms with Crippen LogP contribution in [0.2, 0.25) is 0 Å². The van der Waals surface area contributed by atoms with E-state index in [9.17, 15) is 87.7 Å². The standard InChI is InChI=1S/C11H20N2.C10H19F3O.3C10H20F2O.3C10H21FO.C10H19N3.C10H22O.C9H19FO.C9H20O/c1-4-5-6-10(9(2)3)11-12-7-8-13-11;1-4-5-6-8(7(2)3)9(14)10(11,12)13;3*1-4-5-6-8(7(2)3)9(13)10(11)12;3*1-4-5-6-9(8(2)3)10(12)7-11;1-4-5-6-9(8(2)3)10-11-7-12-13-10;1-4-5-6-10(7-8-11)9(2)3;1-8(2)9(7-11)5-3-4-6-10;1-4-5-6-9(7-10)8(2)3/h7-10H,4-6H2,1-3H3,(H,12,13);7-9,14H,4-6H2,1-3H3;3*7-10,13H,4-6H2,1-3H3;3*8-10,12H,4-7H2,1-3H3;7-9H,4-6H2,1-3H3,(H,11,12,13);9-11H,4-8H2,1-3H3;8-9,11H,3-7H2,1-2H3;8-10H,4-7H2,1-3H3/t;3*8?,9-;;2*9?,10-;;;;;/m.110.10...../s1. The van der Waals surface area contributed by atoms with Crippen LogP contribution >= 0.6 is 0 Å². The first kappa shape index (κ1) is 164. The average Bonchev–Trinajstić information content (AvgIpc) is 1.58. The SMILES string of the molecule is CC(C)C(CO)CCCCF.CCCCC(C(C)C)C(O)C(F)F.CCCCC(C(C)C)C(O)CF.CCCCC(C(C)C)[C@@H](O)C(F)(F)F.CCCCC(C(C)C)[C@@H](O)C(F)F.CCCCC(C(C)C)[C@@H](O)CF.CCCCC(C(C)C)[C@H](O)C(F)F.CCCCC(C(C)C)[C@H](O)CF.CCCCC(CCO)C(C)C.CCCCC(CO)C(C)C.CCCCC(c1ncc[nH]1)C(C)C.CCCCC(c1ncn[nH]1)C(C)C. The molecule has 0 bridgehead atoms. The number of imidazole rings is 1. The fourth-order valence-corrected chi connectivity index (χ4v) is 17.7. The molecule has 2 rings (SSSR count). The van der Waals surface area contributed by atoms with Gasteiger partial charge in [-0.05, 0) is 214 Å². The van der Waals surface area contributed by atoms with Crippen LogP contribution in [0, 0.1) is 130 Å². The third-order valence-corrected chi connectivity index (χ3v) is 28.6. The molecule has 0 aliphatic rings. The Morgan fingerprint density at radius 3 is 0.721 bits per heavy atom. The number of aromatic amines is 2. The molecule has 0 spiro atoms. The van der Waals surface area contributed by atoms with Gasteiger partial charge in [0, 0.05) is 44.1 Å². The van der Waals surface area contributed by atoms with E-state index in [1.165, 1.54) is 77.0 Å². The predicted molar refractivity (Wildman–Crippen MR) is 598 cm³/mol. The summed E-state index contributed by atoms with van der Waals surface area (Å²) in [5.41, 5.74) is 0. The first-order valence-corrected chi connectivity index (χ1v) is 58.5. The highest BCUT2D eigenvalue weighted by atomic mass is 19.4. The number of aliphatic hydroxyl groups is 10. The summed E-state index contributed by atoms with van der Waals surface area (Å²) >= 11 is 0. The lowest BCUT2D eigenvalue weighted by Gasteiger charge is -2.27. The molecule has 2 aromatic rings. The summed E-state index contributed by atoms with van der Waals surface area (Å²) in [6.45, 7) is 71.1. The molecule has 2 heterocycles. The second-order valence-electron chi connectivity index (χ2n) is 45.2. The molecule has 28 heteroatoms. The lowest BCUT2D eigenvalue weighted by molar-refractivity contribution is -0.224. The zero-order valence-corrected chi connectivity index (χ0v) is 101. The zero-order valence-electron chi connectivity index (χ0n) is 101. The van der Waals surface area contributed by atoms with E-state index >= 15 is 0 Å². The van der Waals surface area contributed by atoms with Gasteiger partial charge in [-0.1, -0.05) is 396 Å². The van der Waals surface area contributed by atoms with Gasteiger partial charge >= 0.3 is 6.18 Å². The van der Waals surface area contributed by atoms with Crippen molar-refractivity contribution in [1.29, 1.82) is 0 Å². The maximum absolute atomic E-state index is 12.2. The number of H-pyrrole nitrogens is 2. The number of hydrogen-bond acceptors (Lipinski definition) is 13. The van der Waals surface area contributed by atoms with E-state index in [1.54, 1.807) is 20.2 Å². The fourth-order valence-electron chi connectivity index (χ4n) is 17.7. The largest absolute Gasteiger partial charge is 0.414 e. The molecule has 19 atom stereocenters. The highest BCUT2D eigenvalue weighted by molar-refractivity contribution is 4.98. The van der Waals surface area contributed by atoms with Crippen LogP contribution in [0.25, 0.3) is 0 Å². The normalized spacial score (nSPS) is 15.5. The van der Waals surface area contributed by atoms with Gasteiger partial charge in [0.2, 0.25) is 0 Å². The minimum Gasteiger partial charge on any atom is -0.396 e. The van der Waals surface area contributed by atoms with Crippen LogP contribution in [0.5, 0.6) is 0 Å². The molecular weight excluding hydrogens is 1910 g/mol. The van der Waals surface area contributed by atoms with Crippen molar-refractivity contribution in [3.63, 3.8) is 0 Å². The summed E-state index contributed by atoms with van der Waals surface area (Å²) in [6.07, 6.45) is 22.0. The number of unbranched alkanes of at least 4 members (excludes halogenated alkanes) is 12. The second-order valence-corrected chi connectivity index (χ2v) is 45.2. The van der Waals surface area contributed by atoms with E-state index < -0.39 is 94.1 Å². The smallest absolute Gasteiger partial charge is 0.396 e. The van der Waals surface area contributed by atoms with Crippen molar-refractivity contribution in [1.82, 2.24) is 25.1 Å². The Kier molecular flexibility index (Phi) is 121. The Labute approximate surface area is 895 Å². The molecule has 894 valence electrons. The number of halogens is 13. The average molecular weight is 2150 g/mol. The molecular formula is C119H242F13N5O10. The zero-order chi connectivity index (χ0) is 116. The second kappa shape index (κ2) is 109. The van der Waals surface area contributed by atoms with Crippen molar-refractivity contribution in [2.45, 2.75) is 560 Å². The van der Waals surface area contributed by atoms with Crippen LogP contribution in [0.15, 0.2) is 18.7 Å². The van der Waals surface area contributed by atoms with Crippen LogP contribution in [0.4, 0.5) is 57.1 Å². The molecule has 12 N–H and O–H groups in total. The minimum absolute atomic E-state index is 0.121. The number of aromatic nitrogens is 5. The lowest BCUT2D eigenvalue weighted by Crippen LogP contribution is -2.38. The predicted octanol–water partition coefficient (Wildman–Crippen LogP) is 34.7. The molecule has 147 heavy (non-hydrogen) atoms.